The Morgan fingerprint density at radius 2 is 1.86 bits per heavy atom. The average molecular weight is 376 g/mol. The molecule has 1 aromatic carbocycles. The minimum Gasteiger partial charge on any atom is -0.506 e. The Balaban J connectivity index is 0.00000200. The van der Waals surface area contributed by atoms with E-state index in [0.717, 1.165) is 44.6 Å². The molecule has 0 bridgehead atoms. The lowest BCUT2D eigenvalue weighted by Crippen LogP contribution is -2.45. The summed E-state index contributed by atoms with van der Waals surface area (Å²) in [4.78, 5) is 2.39. The van der Waals surface area contributed by atoms with E-state index in [0.29, 0.717) is 10.0 Å². The first-order valence-electron chi connectivity index (χ1n) is 6.76. The van der Waals surface area contributed by atoms with Crippen LogP contribution in [0.3, 0.4) is 0 Å². The number of nitrogens with zero attached hydrogens (tertiary/aromatic N) is 1. The van der Waals surface area contributed by atoms with Crippen LogP contribution in [0.25, 0.3) is 0 Å². The van der Waals surface area contributed by atoms with E-state index < -0.39 is 0 Å². The highest BCUT2D eigenvalue weighted by atomic mass is 35.5. The van der Waals surface area contributed by atoms with E-state index in [1.54, 1.807) is 6.07 Å². The summed E-state index contributed by atoms with van der Waals surface area (Å²) >= 11 is 12.1. The highest BCUT2D eigenvalue weighted by molar-refractivity contribution is 6.35. The molecular formula is C14H22Cl4N2O. The van der Waals surface area contributed by atoms with E-state index in [2.05, 4.69) is 17.1 Å². The normalized spacial score (nSPS) is 16.7. The molecule has 0 aromatic heterocycles. The van der Waals surface area contributed by atoms with Crippen LogP contribution in [0, 0.1) is 0 Å². The average Bonchev–Trinajstić information content (AvgIpc) is 2.41. The summed E-state index contributed by atoms with van der Waals surface area (Å²) in [6, 6.07) is 3.61. The third kappa shape index (κ3) is 5.34. The first kappa shape index (κ1) is 21.1. The Hall–Kier alpha value is 0.1000. The van der Waals surface area contributed by atoms with Gasteiger partial charge in [-0.25, -0.2) is 0 Å². The number of aromatic hydroxyl groups is 1. The van der Waals surface area contributed by atoms with Gasteiger partial charge in [0.15, 0.2) is 0 Å². The van der Waals surface area contributed by atoms with Gasteiger partial charge >= 0.3 is 0 Å². The molecule has 1 aliphatic rings. The Labute approximate surface area is 148 Å². The number of nitrogens with one attached hydrogen (secondary N) is 1. The molecule has 21 heavy (non-hydrogen) atoms. The molecule has 7 heteroatoms. The molecule has 0 spiro atoms. The van der Waals surface area contributed by atoms with Crippen molar-refractivity contribution in [1.82, 2.24) is 10.2 Å². The van der Waals surface area contributed by atoms with Crippen molar-refractivity contribution in [1.29, 1.82) is 0 Å². The molecule has 2 rings (SSSR count). The van der Waals surface area contributed by atoms with Crippen LogP contribution in [-0.4, -0.2) is 36.2 Å². The van der Waals surface area contributed by atoms with Gasteiger partial charge in [0.25, 0.3) is 0 Å². The molecule has 1 saturated heterocycles. The van der Waals surface area contributed by atoms with Crippen LogP contribution in [0.4, 0.5) is 0 Å². The molecule has 0 unspecified atom stereocenters. The fourth-order valence-electron chi connectivity index (χ4n) is 2.64. The molecule has 1 heterocycles. The molecule has 122 valence electrons. The zero-order chi connectivity index (χ0) is 13.8. The summed E-state index contributed by atoms with van der Waals surface area (Å²) < 4.78 is 0. The second kappa shape index (κ2) is 9.98. The number of phenolic OH excluding ortho intramolecular Hbond substituents is 1. The van der Waals surface area contributed by atoms with E-state index in [1.165, 1.54) is 0 Å². The van der Waals surface area contributed by atoms with E-state index in [9.17, 15) is 5.11 Å². The Kier molecular flexibility index (Phi) is 10.0. The van der Waals surface area contributed by atoms with Crippen molar-refractivity contribution in [3.63, 3.8) is 0 Å². The molecule has 1 atom stereocenters. The van der Waals surface area contributed by atoms with E-state index in [-0.39, 0.29) is 36.6 Å². The zero-order valence-electron chi connectivity index (χ0n) is 11.9. The zero-order valence-corrected chi connectivity index (χ0v) is 15.1. The number of piperazine rings is 1. The van der Waals surface area contributed by atoms with E-state index in [4.69, 9.17) is 23.2 Å². The lowest BCUT2D eigenvalue weighted by molar-refractivity contribution is 0.162. The summed E-state index contributed by atoms with van der Waals surface area (Å²) in [5.41, 5.74) is 0.848. The Morgan fingerprint density at radius 3 is 2.43 bits per heavy atom. The van der Waals surface area contributed by atoms with Gasteiger partial charge in [-0.15, -0.1) is 24.8 Å². The van der Waals surface area contributed by atoms with Crippen LogP contribution >= 0.6 is 48.0 Å². The third-order valence-corrected chi connectivity index (χ3v) is 4.08. The Bertz CT molecular complexity index is 439. The van der Waals surface area contributed by atoms with Gasteiger partial charge in [0.05, 0.1) is 5.02 Å². The predicted octanol–water partition coefficient (Wildman–Crippen LogP) is 4.29. The molecular weight excluding hydrogens is 354 g/mol. The van der Waals surface area contributed by atoms with Crippen LogP contribution < -0.4 is 5.32 Å². The van der Waals surface area contributed by atoms with Crippen LogP contribution in [0.1, 0.15) is 31.4 Å². The van der Waals surface area contributed by atoms with Gasteiger partial charge in [0.2, 0.25) is 0 Å². The van der Waals surface area contributed by atoms with E-state index >= 15 is 0 Å². The summed E-state index contributed by atoms with van der Waals surface area (Å²) in [6.07, 6.45) is 2.04. The van der Waals surface area contributed by atoms with Crippen molar-refractivity contribution >= 4 is 48.0 Å². The number of hydrogen-bond donors (Lipinski definition) is 2. The number of halogens is 4. The number of rotatable bonds is 4. The van der Waals surface area contributed by atoms with E-state index in [1.807, 2.05) is 6.07 Å². The van der Waals surface area contributed by atoms with Crippen molar-refractivity contribution in [2.75, 3.05) is 26.2 Å². The van der Waals surface area contributed by atoms with Crippen molar-refractivity contribution in [2.45, 2.75) is 25.8 Å². The Morgan fingerprint density at radius 1 is 1.24 bits per heavy atom. The minimum absolute atomic E-state index is 0. The van der Waals surface area contributed by atoms with Crippen LogP contribution in [-0.2, 0) is 0 Å². The van der Waals surface area contributed by atoms with Gasteiger partial charge in [-0.1, -0.05) is 36.5 Å². The fourth-order valence-corrected chi connectivity index (χ4v) is 3.15. The van der Waals surface area contributed by atoms with Gasteiger partial charge in [0.1, 0.15) is 5.75 Å². The highest BCUT2D eigenvalue weighted by Gasteiger charge is 2.25. The van der Waals surface area contributed by atoms with Gasteiger partial charge < -0.3 is 10.4 Å². The maximum absolute atomic E-state index is 10.2. The quantitative estimate of drug-likeness (QED) is 0.823. The van der Waals surface area contributed by atoms with Crippen molar-refractivity contribution in [2.24, 2.45) is 0 Å². The summed E-state index contributed by atoms with van der Waals surface area (Å²) in [5.74, 6) is 0.169. The first-order chi connectivity index (χ1) is 9.13. The maximum atomic E-state index is 10.2. The summed E-state index contributed by atoms with van der Waals surface area (Å²) in [5, 5.41) is 14.5. The predicted molar refractivity (Wildman–Crippen MR) is 94.7 cm³/mol. The van der Waals surface area contributed by atoms with Gasteiger partial charge in [-0.05, 0) is 18.6 Å². The third-order valence-electron chi connectivity index (χ3n) is 3.57. The molecule has 0 radical (unpaired) electrons. The fraction of sp³-hybridized carbons (Fsp3) is 0.571. The van der Waals surface area contributed by atoms with Crippen molar-refractivity contribution < 1.29 is 5.11 Å². The summed E-state index contributed by atoms with van der Waals surface area (Å²) in [6.45, 7) is 6.07. The van der Waals surface area contributed by atoms with Gasteiger partial charge in [-0.2, -0.15) is 0 Å². The van der Waals surface area contributed by atoms with Crippen LogP contribution in [0.2, 0.25) is 10.0 Å². The molecule has 2 N–H and O–H groups in total. The molecule has 3 nitrogen and oxygen atoms in total. The molecule has 0 saturated carbocycles. The SMILES string of the molecule is CCC[C@H](c1cc(Cl)cc(Cl)c1O)N1CCNCC1.Cl.Cl. The summed E-state index contributed by atoms with van der Waals surface area (Å²) in [7, 11) is 0. The monoisotopic (exact) mass is 374 g/mol. The number of hydrogen-bond acceptors (Lipinski definition) is 3. The smallest absolute Gasteiger partial charge is 0.139 e. The largest absolute Gasteiger partial charge is 0.506 e. The molecule has 1 aliphatic heterocycles. The van der Waals surface area contributed by atoms with Gasteiger partial charge in [0, 0.05) is 42.8 Å². The lowest BCUT2D eigenvalue weighted by Gasteiger charge is -2.35. The maximum Gasteiger partial charge on any atom is 0.139 e. The molecule has 0 aliphatic carbocycles. The molecule has 1 fully saturated rings. The second-order valence-corrected chi connectivity index (χ2v) is 5.76. The minimum atomic E-state index is 0. The standard InChI is InChI=1S/C14H20Cl2N2O.2ClH/c1-2-3-13(18-6-4-17-5-7-18)11-8-10(15)9-12(16)14(11)19;;/h8-9,13,17,19H,2-7H2,1H3;2*1H/t13-;;/m1../s1. The molecule has 1 aromatic rings. The molecule has 0 amide bonds. The number of benzene rings is 1. The topological polar surface area (TPSA) is 35.5 Å². The number of phenols is 1. The lowest BCUT2D eigenvalue weighted by atomic mass is 9.99. The second-order valence-electron chi connectivity index (χ2n) is 4.92. The van der Waals surface area contributed by atoms with Gasteiger partial charge in [-0.3, -0.25) is 4.90 Å². The van der Waals surface area contributed by atoms with Crippen LogP contribution in [0.5, 0.6) is 5.75 Å². The van der Waals surface area contributed by atoms with Crippen molar-refractivity contribution in [3.05, 3.63) is 27.7 Å². The van der Waals surface area contributed by atoms with Crippen molar-refractivity contribution in [3.8, 4) is 5.75 Å². The van der Waals surface area contributed by atoms with Crippen LogP contribution in [0.15, 0.2) is 12.1 Å². The first-order valence-corrected chi connectivity index (χ1v) is 7.51. The highest BCUT2D eigenvalue weighted by Crippen LogP contribution is 2.39.